The van der Waals surface area contributed by atoms with E-state index in [4.69, 9.17) is 5.11 Å². The Hall–Kier alpha value is -2.41. The van der Waals surface area contributed by atoms with Crippen LogP contribution in [-0.2, 0) is 0 Å². The van der Waals surface area contributed by atoms with Crippen LogP contribution >= 0.6 is 11.8 Å². The first-order valence-electron chi connectivity index (χ1n) is 5.61. The van der Waals surface area contributed by atoms with Gasteiger partial charge in [-0.1, -0.05) is 0 Å². The highest BCUT2D eigenvalue weighted by molar-refractivity contribution is 7.98. The van der Waals surface area contributed by atoms with Crippen LogP contribution in [0.4, 0.5) is 5.69 Å². The fraction of sp³-hybridized carbons (Fsp3) is 0.0769. The number of carbonyl (C=O) groups excluding carboxylic acids is 1. The number of aromatic nitrogens is 2. The number of aromatic carboxylic acids is 1. The van der Waals surface area contributed by atoms with E-state index in [1.807, 2.05) is 6.26 Å². The van der Waals surface area contributed by atoms with Crippen molar-refractivity contribution in [1.29, 1.82) is 0 Å². The number of rotatable bonds is 4. The smallest absolute Gasteiger partial charge is 0.337 e. The number of hydrogen-bond donors (Lipinski definition) is 2. The molecule has 0 aliphatic heterocycles. The molecule has 0 aliphatic rings. The average molecular weight is 289 g/mol. The lowest BCUT2D eigenvalue weighted by Gasteiger charge is -2.09. The van der Waals surface area contributed by atoms with Crippen LogP contribution in [0.5, 0.6) is 0 Å². The summed E-state index contributed by atoms with van der Waals surface area (Å²) in [6.07, 6.45) is 6.06. The molecule has 0 saturated heterocycles. The maximum Gasteiger partial charge on any atom is 0.337 e. The second-order valence-electron chi connectivity index (χ2n) is 3.74. The van der Waals surface area contributed by atoms with E-state index in [0.717, 1.165) is 0 Å². The number of carbonyl (C=O) groups is 2. The molecule has 0 fully saturated rings. The summed E-state index contributed by atoms with van der Waals surface area (Å²) in [7, 11) is 0. The number of hydrogen-bond acceptors (Lipinski definition) is 5. The fourth-order valence-electron chi connectivity index (χ4n) is 1.60. The van der Waals surface area contributed by atoms with E-state index < -0.39 is 11.9 Å². The Kier molecular flexibility index (Phi) is 4.31. The molecule has 102 valence electrons. The Balaban J connectivity index is 2.31. The Morgan fingerprint density at radius 2 is 2.05 bits per heavy atom. The number of carboxylic acid groups (broad SMARTS) is 1. The Labute approximate surface area is 119 Å². The summed E-state index contributed by atoms with van der Waals surface area (Å²) < 4.78 is 0. The molecule has 2 rings (SSSR count). The number of anilines is 1. The molecule has 0 atom stereocenters. The van der Waals surface area contributed by atoms with Gasteiger partial charge in [0, 0.05) is 12.4 Å². The van der Waals surface area contributed by atoms with Gasteiger partial charge in [-0.25, -0.2) is 9.78 Å². The lowest BCUT2D eigenvalue weighted by Crippen LogP contribution is -2.16. The molecule has 7 heteroatoms. The maximum absolute atomic E-state index is 12.2. The van der Waals surface area contributed by atoms with Gasteiger partial charge >= 0.3 is 5.97 Å². The van der Waals surface area contributed by atoms with Gasteiger partial charge in [-0.3, -0.25) is 9.78 Å². The molecule has 0 aromatic carbocycles. The largest absolute Gasteiger partial charge is 0.478 e. The number of thioether (sulfide) groups is 1. The van der Waals surface area contributed by atoms with Crippen molar-refractivity contribution in [2.45, 2.75) is 5.03 Å². The van der Waals surface area contributed by atoms with Crippen LogP contribution in [0, 0.1) is 0 Å². The molecule has 0 unspecified atom stereocenters. The molecule has 6 nitrogen and oxygen atoms in total. The molecule has 1 amide bonds. The van der Waals surface area contributed by atoms with Crippen LogP contribution in [0.2, 0.25) is 0 Å². The van der Waals surface area contributed by atoms with Crippen molar-refractivity contribution in [3.8, 4) is 0 Å². The molecule has 2 aromatic heterocycles. The zero-order chi connectivity index (χ0) is 14.5. The van der Waals surface area contributed by atoms with E-state index in [2.05, 4.69) is 15.3 Å². The van der Waals surface area contributed by atoms with E-state index in [1.165, 1.54) is 30.2 Å². The molecule has 2 aromatic rings. The number of amides is 1. The van der Waals surface area contributed by atoms with Gasteiger partial charge in [0.1, 0.15) is 5.03 Å². The van der Waals surface area contributed by atoms with Crippen molar-refractivity contribution >= 4 is 29.3 Å². The summed E-state index contributed by atoms with van der Waals surface area (Å²) in [6.45, 7) is 0. The number of nitrogens with zero attached hydrogens (tertiary/aromatic N) is 2. The first-order valence-corrected chi connectivity index (χ1v) is 6.83. The van der Waals surface area contributed by atoms with Crippen molar-refractivity contribution < 1.29 is 14.7 Å². The molecule has 2 N–H and O–H groups in total. The minimum atomic E-state index is -1.13. The Bertz CT molecular complexity index is 661. The molecule has 0 radical (unpaired) electrons. The van der Waals surface area contributed by atoms with Crippen LogP contribution < -0.4 is 5.32 Å². The van der Waals surface area contributed by atoms with E-state index in [0.29, 0.717) is 10.6 Å². The molecular formula is C13H11N3O3S. The SMILES string of the molecule is CSc1ncccc1C(=O)Nc1cnccc1C(=O)O. The number of carboxylic acids is 1. The standard InChI is InChI=1S/C13H11N3O3S/c1-20-12-9(3-2-5-15-12)11(17)16-10-7-14-6-4-8(10)13(18)19/h2-7H,1H3,(H,16,17)(H,18,19). The summed E-state index contributed by atoms with van der Waals surface area (Å²) in [4.78, 5) is 31.2. The van der Waals surface area contributed by atoms with Gasteiger partial charge in [-0.05, 0) is 24.5 Å². The Morgan fingerprint density at radius 1 is 1.25 bits per heavy atom. The Morgan fingerprint density at radius 3 is 2.75 bits per heavy atom. The van der Waals surface area contributed by atoms with Gasteiger partial charge in [-0.2, -0.15) is 0 Å². The summed E-state index contributed by atoms with van der Waals surface area (Å²) in [5, 5.41) is 12.2. The zero-order valence-corrected chi connectivity index (χ0v) is 11.3. The van der Waals surface area contributed by atoms with Crippen molar-refractivity contribution in [1.82, 2.24) is 9.97 Å². The first-order chi connectivity index (χ1) is 9.63. The van der Waals surface area contributed by atoms with Crippen molar-refractivity contribution in [3.63, 3.8) is 0 Å². The highest BCUT2D eigenvalue weighted by Gasteiger charge is 2.16. The highest BCUT2D eigenvalue weighted by atomic mass is 32.2. The summed E-state index contributed by atoms with van der Waals surface area (Å²) in [5.74, 6) is -1.54. The van der Waals surface area contributed by atoms with Gasteiger partial charge in [0.15, 0.2) is 0 Å². The molecule has 2 heterocycles. The number of pyridine rings is 2. The lowest BCUT2D eigenvalue weighted by molar-refractivity contribution is 0.0698. The second kappa shape index (κ2) is 6.16. The average Bonchev–Trinajstić information content (AvgIpc) is 2.47. The van der Waals surface area contributed by atoms with Gasteiger partial charge in [0.05, 0.1) is 23.0 Å². The van der Waals surface area contributed by atoms with Crippen LogP contribution in [0.3, 0.4) is 0 Å². The van der Waals surface area contributed by atoms with Crippen molar-refractivity contribution in [2.75, 3.05) is 11.6 Å². The molecule has 0 spiro atoms. The maximum atomic E-state index is 12.2. The predicted molar refractivity (Wildman–Crippen MR) is 75.2 cm³/mol. The first kappa shape index (κ1) is 14.0. The molecule has 20 heavy (non-hydrogen) atoms. The van der Waals surface area contributed by atoms with Gasteiger partial charge in [0.25, 0.3) is 5.91 Å². The highest BCUT2D eigenvalue weighted by Crippen LogP contribution is 2.20. The topological polar surface area (TPSA) is 92.2 Å². The van der Waals surface area contributed by atoms with Crippen LogP contribution in [-0.4, -0.2) is 33.2 Å². The number of nitrogens with one attached hydrogen (secondary N) is 1. The fourth-order valence-corrected chi connectivity index (χ4v) is 2.14. The zero-order valence-electron chi connectivity index (χ0n) is 10.5. The third kappa shape index (κ3) is 2.94. The third-order valence-electron chi connectivity index (χ3n) is 2.51. The van der Waals surface area contributed by atoms with Gasteiger partial charge in [0.2, 0.25) is 0 Å². The molecule has 0 saturated carbocycles. The minimum Gasteiger partial charge on any atom is -0.478 e. The minimum absolute atomic E-state index is 0.0112. The van der Waals surface area contributed by atoms with Gasteiger partial charge < -0.3 is 10.4 Å². The van der Waals surface area contributed by atoms with E-state index in [1.54, 1.807) is 18.3 Å². The molecule has 0 aliphatic carbocycles. The monoisotopic (exact) mass is 289 g/mol. The van der Waals surface area contributed by atoms with Crippen molar-refractivity contribution in [3.05, 3.63) is 47.9 Å². The molecular weight excluding hydrogens is 278 g/mol. The van der Waals surface area contributed by atoms with E-state index in [-0.39, 0.29) is 11.3 Å². The molecule has 0 bridgehead atoms. The van der Waals surface area contributed by atoms with E-state index >= 15 is 0 Å². The second-order valence-corrected chi connectivity index (χ2v) is 4.54. The van der Waals surface area contributed by atoms with Crippen LogP contribution in [0.1, 0.15) is 20.7 Å². The third-order valence-corrected chi connectivity index (χ3v) is 3.22. The summed E-state index contributed by atoms with van der Waals surface area (Å²) in [5.41, 5.74) is 0.532. The summed E-state index contributed by atoms with van der Waals surface area (Å²) >= 11 is 1.34. The van der Waals surface area contributed by atoms with E-state index in [9.17, 15) is 9.59 Å². The summed E-state index contributed by atoms with van der Waals surface area (Å²) in [6, 6.07) is 4.61. The predicted octanol–water partition coefficient (Wildman–Crippen LogP) is 2.15. The van der Waals surface area contributed by atoms with Gasteiger partial charge in [-0.15, -0.1) is 11.8 Å². The lowest BCUT2D eigenvalue weighted by atomic mass is 10.2. The van der Waals surface area contributed by atoms with Crippen molar-refractivity contribution in [2.24, 2.45) is 0 Å². The van der Waals surface area contributed by atoms with Crippen LogP contribution in [0.15, 0.2) is 41.8 Å². The normalized spacial score (nSPS) is 10.1. The quantitative estimate of drug-likeness (QED) is 0.838. The van der Waals surface area contributed by atoms with Crippen LogP contribution in [0.25, 0.3) is 0 Å².